The molecule has 1 N–H and O–H groups in total. The second-order valence-corrected chi connectivity index (χ2v) is 8.88. The van der Waals surface area contributed by atoms with Gasteiger partial charge >= 0.3 is 6.03 Å². The van der Waals surface area contributed by atoms with E-state index < -0.39 is 42.7 Å². The standard InChI is InChI=1S/C23H24F3N7O4/c1-12-6-17-15(9-32(12)23(36)28-14-4-5-16(24)13(7-14)8-27)20-22(35)31(3)37-18(10-33(20)29-17)21(34)30(2)11-19(25)26/h4-5,7,12,18-19H,6,9-11H2,1-3H3,(H,28,36)/t12-,18?/m1/s1. The summed E-state index contributed by atoms with van der Waals surface area (Å²) in [6.07, 6.45) is -3.69. The van der Waals surface area contributed by atoms with Crippen LogP contribution >= 0.6 is 0 Å². The molecule has 2 aliphatic rings. The molecule has 1 unspecified atom stereocenters. The van der Waals surface area contributed by atoms with Crippen LogP contribution in [0.4, 0.5) is 23.7 Å². The Hall–Kier alpha value is -4.12. The number of halogens is 3. The fourth-order valence-corrected chi connectivity index (χ4v) is 4.37. The lowest BCUT2D eigenvalue weighted by Gasteiger charge is -2.33. The first-order chi connectivity index (χ1) is 17.5. The number of carbonyl (C=O) groups excluding carboxylic acids is 3. The molecule has 37 heavy (non-hydrogen) atoms. The molecule has 196 valence electrons. The van der Waals surface area contributed by atoms with Gasteiger partial charge in [-0.05, 0) is 25.1 Å². The Morgan fingerprint density at radius 3 is 2.78 bits per heavy atom. The maximum atomic E-state index is 13.6. The smallest absolute Gasteiger partial charge is 0.322 e. The maximum absolute atomic E-state index is 13.6. The van der Waals surface area contributed by atoms with Crippen LogP contribution in [0.2, 0.25) is 0 Å². The Kier molecular flexibility index (Phi) is 7.08. The van der Waals surface area contributed by atoms with Crippen LogP contribution in [0.3, 0.4) is 0 Å². The van der Waals surface area contributed by atoms with Gasteiger partial charge in [-0.15, -0.1) is 0 Å². The van der Waals surface area contributed by atoms with Crippen LogP contribution in [0, 0.1) is 17.1 Å². The molecule has 2 aromatic rings. The average molecular weight is 519 g/mol. The number of benzene rings is 1. The first kappa shape index (κ1) is 26.0. The number of rotatable bonds is 4. The van der Waals surface area contributed by atoms with Gasteiger partial charge in [0.2, 0.25) is 0 Å². The Labute approximate surface area is 209 Å². The zero-order valence-corrected chi connectivity index (χ0v) is 20.2. The van der Waals surface area contributed by atoms with Gasteiger partial charge in [0.1, 0.15) is 17.6 Å². The van der Waals surface area contributed by atoms with Crippen molar-refractivity contribution in [1.82, 2.24) is 24.6 Å². The number of nitrogens with one attached hydrogen (secondary N) is 1. The molecule has 0 fully saturated rings. The molecule has 2 atom stereocenters. The fourth-order valence-electron chi connectivity index (χ4n) is 4.37. The van der Waals surface area contributed by atoms with Gasteiger partial charge in [0.15, 0.2) is 6.10 Å². The van der Waals surface area contributed by atoms with E-state index in [1.807, 2.05) is 0 Å². The Bertz CT molecular complexity index is 1290. The topological polar surface area (TPSA) is 124 Å². The Morgan fingerprint density at radius 1 is 1.38 bits per heavy atom. The van der Waals surface area contributed by atoms with Crippen LogP contribution in [-0.2, 0) is 29.1 Å². The van der Waals surface area contributed by atoms with Crippen molar-refractivity contribution in [2.45, 2.75) is 45.0 Å². The number of hydrogen-bond acceptors (Lipinski definition) is 6. The number of fused-ring (bicyclic) bond motifs is 3. The first-order valence-electron chi connectivity index (χ1n) is 11.3. The van der Waals surface area contributed by atoms with Crippen LogP contribution < -0.4 is 5.32 Å². The maximum Gasteiger partial charge on any atom is 0.322 e. The molecule has 4 amide bonds. The molecule has 14 heteroatoms. The quantitative estimate of drug-likeness (QED) is 0.659. The van der Waals surface area contributed by atoms with Gasteiger partial charge in [0, 0.05) is 37.8 Å². The molecular weight excluding hydrogens is 495 g/mol. The van der Waals surface area contributed by atoms with Gasteiger partial charge < -0.3 is 15.1 Å². The Balaban J connectivity index is 1.59. The SMILES string of the molecule is C[C@@H]1Cc2nn3c(c2CN1C(=O)Nc1ccc(F)c(C#N)c1)C(=O)N(C)OC(C(=O)N(C)CC(F)F)C3. The van der Waals surface area contributed by atoms with Crippen LogP contribution in [0.1, 0.15) is 34.2 Å². The second-order valence-electron chi connectivity index (χ2n) is 8.88. The van der Waals surface area contributed by atoms with Crippen molar-refractivity contribution >= 4 is 23.5 Å². The molecule has 0 spiro atoms. The summed E-state index contributed by atoms with van der Waals surface area (Å²) in [5.74, 6) is -2.04. The third-order valence-corrected chi connectivity index (χ3v) is 6.26. The minimum atomic E-state index is -2.73. The van der Waals surface area contributed by atoms with E-state index >= 15 is 0 Å². The average Bonchev–Trinajstić information content (AvgIpc) is 3.12. The number of urea groups is 1. The number of nitriles is 1. The Morgan fingerprint density at radius 2 is 2.11 bits per heavy atom. The van der Waals surface area contributed by atoms with Crippen LogP contribution in [-0.4, -0.2) is 81.7 Å². The number of anilines is 1. The van der Waals surface area contributed by atoms with Crippen LogP contribution in [0.25, 0.3) is 0 Å². The van der Waals surface area contributed by atoms with E-state index in [0.717, 1.165) is 16.0 Å². The summed E-state index contributed by atoms with van der Waals surface area (Å²) in [5, 5.41) is 17.0. The van der Waals surface area contributed by atoms with E-state index in [9.17, 15) is 27.6 Å². The summed E-state index contributed by atoms with van der Waals surface area (Å²) in [7, 11) is 2.53. The highest BCUT2D eigenvalue weighted by Crippen LogP contribution is 2.29. The molecule has 0 saturated heterocycles. The number of hydrogen-bond donors (Lipinski definition) is 1. The fraction of sp³-hybridized carbons (Fsp3) is 0.435. The van der Waals surface area contributed by atoms with Crippen LogP contribution in [0.5, 0.6) is 0 Å². The van der Waals surface area contributed by atoms with E-state index in [1.165, 1.54) is 35.8 Å². The van der Waals surface area contributed by atoms with Crippen molar-refractivity contribution in [3.8, 4) is 6.07 Å². The summed E-state index contributed by atoms with van der Waals surface area (Å²) in [6.45, 7) is 0.830. The molecule has 0 aliphatic carbocycles. The molecule has 0 bridgehead atoms. The van der Waals surface area contributed by atoms with Crippen molar-refractivity contribution in [2.24, 2.45) is 0 Å². The van der Waals surface area contributed by atoms with Crippen molar-refractivity contribution in [2.75, 3.05) is 26.0 Å². The summed E-state index contributed by atoms with van der Waals surface area (Å²) in [5.41, 5.74) is 1.18. The van der Waals surface area contributed by atoms with Gasteiger partial charge in [-0.3, -0.25) is 19.1 Å². The van der Waals surface area contributed by atoms with Gasteiger partial charge in [-0.1, -0.05) is 0 Å². The number of aromatic nitrogens is 2. The van der Waals surface area contributed by atoms with Crippen LogP contribution in [0.15, 0.2) is 18.2 Å². The summed E-state index contributed by atoms with van der Waals surface area (Å²) in [6, 6.07) is 4.48. The molecule has 0 radical (unpaired) electrons. The number of amides is 4. The minimum absolute atomic E-state index is 0.00739. The third-order valence-electron chi connectivity index (χ3n) is 6.26. The normalized spacial score (nSPS) is 19.1. The largest absolute Gasteiger partial charge is 0.338 e. The predicted molar refractivity (Wildman–Crippen MR) is 122 cm³/mol. The molecule has 2 aliphatic heterocycles. The predicted octanol–water partition coefficient (Wildman–Crippen LogP) is 1.98. The number of likely N-dealkylation sites (N-methyl/N-ethyl adjacent to an activating group) is 1. The number of hydroxylamine groups is 2. The number of carbonyl (C=O) groups is 3. The van der Waals surface area contributed by atoms with Crippen molar-refractivity contribution in [3.63, 3.8) is 0 Å². The first-order valence-corrected chi connectivity index (χ1v) is 11.3. The molecular formula is C23H24F3N7O4. The zero-order chi connectivity index (χ0) is 27.0. The summed E-state index contributed by atoms with van der Waals surface area (Å²) >= 11 is 0. The molecule has 1 aromatic heterocycles. The highest BCUT2D eigenvalue weighted by molar-refractivity contribution is 5.95. The van der Waals surface area contributed by atoms with Crippen molar-refractivity contribution in [3.05, 3.63) is 46.5 Å². The van der Waals surface area contributed by atoms with E-state index in [2.05, 4.69) is 10.4 Å². The highest BCUT2D eigenvalue weighted by atomic mass is 19.3. The summed E-state index contributed by atoms with van der Waals surface area (Å²) < 4.78 is 40.5. The monoisotopic (exact) mass is 519 g/mol. The molecule has 0 saturated carbocycles. The lowest BCUT2D eigenvalue weighted by molar-refractivity contribution is -0.177. The highest BCUT2D eigenvalue weighted by Gasteiger charge is 2.39. The lowest BCUT2D eigenvalue weighted by atomic mass is 9.99. The van der Waals surface area contributed by atoms with Gasteiger partial charge in [-0.25, -0.2) is 23.0 Å². The van der Waals surface area contributed by atoms with E-state index in [4.69, 9.17) is 10.1 Å². The van der Waals surface area contributed by atoms with E-state index in [1.54, 1.807) is 13.0 Å². The van der Waals surface area contributed by atoms with Crippen molar-refractivity contribution in [1.29, 1.82) is 5.26 Å². The third kappa shape index (κ3) is 5.08. The van der Waals surface area contributed by atoms with Crippen molar-refractivity contribution < 1.29 is 32.4 Å². The zero-order valence-electron chi connectivity index (χ0n) is 20.2. The molecule has 3 heterocycles. The number of nitrogens with zero attached hydrogens (tertiary/aromatic N) is 6. The van der Waals surface area contributed by atoms with Gasteiger partial charge in [-0.2, -0.15) is 10.4 Å². The molecule has 11 nitrogen and oxygen atoms in total. The molecule has 1 aromatic carbocycles. The number of alkyl halides is 2. The lowest BCUT2D eigenvalue weighted by Crippen LogP contribution is -2.45. The van der Waals surface area contributed by atoms with E-state index in [0.29, 0.717) is 17.7 Å². The second kappa shape index (κ2) is 10.1. The van der Waals surface area contributed by atoms with Gasteiger partial charge in [0.05, 0.1) is 30.9 Å². The summed E-state index contributed by atoms with van der Waals surface area (Å²) in [4.78, 5) is 46.7. The molecule has 4 rings (SSSR count). The minimum Gasteiger partial charge on any atom is -0.338 e. The van der Waals surface area contributed by atoms with E-state index in [-0.39, 0.29) is 36.1 Å². The van der Waals surface area contributed by atoms with Gasteiger partial charge in [0.25, 0.3) is 18.2 Å².